The smallest absolute Gasteiger partial charge is 0.324 e. The third-order valence-corrected chi connectivity index (χ3v) is 11.3. The lowest BCUT2D eigenvalue weighted by atomic mass is 10.1. The summed E-state index contributed by atoms with van der Waals surface area (Å²) in [6, 6.07) is 21.1. The van der Waals surface area contributed by atoms with Gasteiger partial charge in [0.05, 0.1) is 33.9 Å². The number of Topliss-reactive ketones (excluding diaryl/α,β-unsaturated/α-hetero) is 1. The van der Waals surface area contributed by atoms with E-state index in [1.54, 1.807) is 63.6 Å². The van der Waals surface area contributed by atoms with E-state index in [1.807, 2.05) is 14.1 Å². The van der Waals surface area contributed by atoms with Gasteiger partial charge in [0.25, 0.3) is 11.8 Å². The monoisotopic (exact) mass is 967 g/mol. The molecule has 368 valence electrons. The van der Waals surface area contributed by atoms with Crippen LogP contribution < -0.4 is 24.6 Å². The maximum absolute atomic E-state index is 15.1. The van der Waals surface area contributed by atoms with Crippen molar-refractivity contribution in [1.29, 1.82) is 0 Å². The van der Waals surface area contributed by atoms with Crippen LogP contribution in [0, 0.1) is 11.6 Å². The minimum atomic E-state index is -3.25. The second kappa shape index (κ2) is 23.7. The first kappa shape index (κ1) is 51.2. The highest BCUT2D eigenvalue weighted by Crippen LogP contribution is 2.29. The van der Waals surface area contributed by atoms with Crippen LogP contribution in [-0.4, -0.2) is 147 Å². The summed E-state index contributed by atoms with van der Waals surface area (Å²) in [4.78, 5) is 60.6. The van der Waals surface area contributed by atoms with E-state index in [0.29, 0.717) is 62.1 Å². The molecule has 2 saturated heterocycles. The lowest BCUT2D eigenvalue weighted by Crippen LogP contribution is -2.52. The number of urea groups is 2. The number of hydrogen-bond donors (Lipinski definition) is 1. The van der Waals surface area contributed by atoms with Gasteiger partial charge in [0.2, 0.25) is 5.89 Å². The van der Waals surface area contributed by atoms with Gasteiger partial charge in [-0.1, -0.05) is 30.3 Å². The van der Waals surface area contributed by atoms with Crippen LogP contribution in [0.15, 0.2) is 89.3 Å². The number of piperazine rings is 2. The molecule has 2 fully saturated rings. The summed E-state index contributed by atoms with van der Waals surface area (Å²) < 4.78 is 95.5. The van der Waals surface area contributed by atoms with Crippen molar-refractivity contribution in [2.75, 3.05) is 97.0 Å². The number of benzene rings is 4. The average Bonchev–Trinajstić information content (AvgIpc) is 3.86. The number of carbonyl (C=O) groups is 4. The molecule has 0 radical (unpaired) electrons. The maximum atomic E-state index is 15.1. The number of nitrogens with one attached hydrogen (secondary N) is 1. The Balaban J connectivity index is 0.000000227. The molecule has 5 aromatic rings. The molecule has 0 bridgehead atoms. The standard InChI is InChI=1S/C24H27F3N4O4.C23H24F3N5O3/c1-29-8-10-30(11-9-29)24(34)31(18-4-3-5-19(13-18)35-2)15-17-7-6-16(12-20(17)25)21(32)14-28-23(33)22(26)27;1-29-8-10-30(11-9-29)23(32)31(17-4-3-5-18(13-17)33-2)14-16-7-6-15(12-19(16)24)21-27-28-22(34-21)20(25)26/h3-7,12-13,22H,8-11,14-15H2,1-2H3,(H,28,33);3-7,12-13,20H,8-11,14H2,1-2H3. The third kappa shape index (κ3) is 13.5. The molecule has 5 amide bonds. The minimum Gasteiger partial charge on any atom is -0.497 e. The Bertz CT molecular complexity index is 2570. The molecule has 22 heteroatoms. The SMILES string of the molecule is COc1cccc(N(Cc2ccc(-c3nnc(C(F)F)o3)cc2F)C(=O)N2CCN(C)CC2)c1.COc1cccc(N(Cc2ccc(C(=O)CNC(=O)C(F)F)cc2F)C(=O)N2CCN(C)CC2)c1. The minimum absolute atomic E-state index is 0.0451. The number of ketones is 1. The van der Waals surface area contributed by atoms with Gasteiger partial charge in [-0.15, -0.1) is 10.2 Å². The number of amides is 5. The fourth-order valence-electron chi connectivity index (χ4n) is 7.22. The van der Waals surface area contributed by atoms with Crippen molar-refractivity contribution < 1.29 is 59.4 Å². The molecule has 0 aliphatic carbocycles. The molecule has 7 rings (SSSR count). The molecule has 3 heterocycles. The van der Waals surface area contributed by atoms with Crippen LogP contribution in [0.25, 0.3) is 11.5 Å². The van der Waals surface area contributed by atoms with Gasteiger partial charge in [0.15, 0.2) is 5.78 Å². The summed E-state index contributed by atoms with van der Waals surface area (Å²) in [7, 11) is 7.00. The largest absolute Gasteiger partial charge is 0.497 e. The van der Waals surface area contributed by atoms with Gasteiger partial charge in [-0.3, -0.25) is 19.4 Å². The predicted octanol–water partition coefficient (Wildman–Crippen LogP) is 6.97. The number of likely N-dealkylation sites (N-methyl/N-ethyl adjacent to an activating group) is 2. The van der Waals surface area contributed by atoms with E-state index in [9.17, 15) is 41.1 Å². The molecule has 69 heavy (non-hydrogen) atoms. The van der Waals surface area contributed by atoms with Crippen molar-refractivity contribution in [3.05, 3.63) is 119 Å². The van der Waals surface area contributed by atoms with Gasteiger partial charge in [-0.2, -0.15) is 17.6 Å². The zero-order valence-electron chi connectivity index (χ0n) is 38.2. The Kier molecular flexibility index (Phi) is 17.6. The van der Waals surface area contributed by atoms with E-state index in [0.717, 1.165) is 25.2 Å². The summed E-state index contributed by atoms with van der Waals surface area (Å²) in [5.74, 6) is -3.61. The van der Waals surface area contributed by atoms with Crippen molar-refractivity contribution in [3.63, 3.8) is 0 Å². The second-order valence-corrected chi connectivity index (χ2v) is 16.0. The molecule has 0 spiro atoms. The number of carbonyl (C=O) groups excluding carboxylic acids is 4. The van der Waals surface area contributed by atoms with Crippen molar-refractivity contribution in [1.82, 2.24) is 35.1 Å². The van der Waals surface area contributed by atoms with E-state index < -0.39 is 48.6 Å². The molecule has 1 N–H and O–H groups in total. The summed E-state index contributed by atoms with van der Waals surface area (Å²) in [5, 5.41) is 8.61. The van der Waals surface area contributed by atoms with Gasteiger partial charge in [0.1, 0.15) is 23.1 Å². The Labute approximate surface area is 393 Å². The Morgan fingerprint density at radius 1 is 0.667 bits per heavy atom. The quantitative estimate of drug-likeness (QED) is 0.0906. The van der Waals surface area contributed by atoms with E-state index in [2.05, 4.69) is 20.0 Å². The highest BCUT2D eigenvalue weighted by molar-refractivity contribution is 5.99. The van der Waals surface area contributed by atoms with Gasteiger partial charge < -0.3 is 38.8 Å². The van der Waals surface area contributed by atoms with Gasteiger partial charge in [-0.05, 0) is 56.6 Å². The topological polar surface area (TPSA) is 157 Å². The number of hydrogen-bond acceptors (Lipinski definition) is 11. The van der Waals surface area contributed by atoms with Crippen molar-refractivity contribution in [2.24, 2.45) is 0 Å². The summed E-state index contributed by atoms with van der Waals surface area (Å²) >= 11 is 0. The van der Waals surface area contributed by atoms with E-state index in [-0.39, 0.29) is 53.3 Å². The second-order valence-electron chi connectivity index (χ2n) is 16.0. The molecule has 2 aliphatic rings. The van der Waals surface area contributed by atoms with Gasteiger partial charge in [-0.25, -0.2) is 18.4 Å². The predicted molar refractivity (Wildman–Crippen MR) is 242 cm³/mol. The first-order chi connectivity index (χ1) is 33.0. The lowest BCUT2D eigenvalue weighted by Gasteiger charge is -2.36. The number of halogens is 6. The highest BCUT2D eigenvalue weighted by Gasteiger charge is 2.29. The molecule has 0 unspecified atom stereocenters. The summed E-state index contributed by atoms with van der Waals surface area (Å²) in [6.45, 7) is 4.23. The van der Waals surface area contributed by atoms with E-state index in [1.165, 1.54) is 48.3 Å². The number of rotatable bonds is 14. The number of nitrogens with zero attached hydrogens (tertiary/aromatic N) is 8. The number of aromatic nitrogens is 2. The molecule has 0 saturated carbocycles. The van der Waals surface area contributed by atoms with Crippen molar-refractivity contribution in [2.45, 2.75) is 25.9 Å². The fourth-order valence-corrected chi connectivity index (χ4v) is 7.22. The number of ether oxygens (including phenoxy) is 2. The summed E-state index contributed by atoms with van der Waals surface area (Å²) in [5.41, 5.74) is 1.55. The molecule has 0 atom stereocenters. The zero-order chi connectivity index (χ0) is 49.8. The van der Waals surface area contributed by atoms with Crippen LogP contribution in [0.3, 0.4) is 0 Å². The zero-order valence-corrected chi connectivity index (χ0v) is 38.2. The van der Waals surface area contributed by atoms with Gasteiger partial charge in [0, 0.05) is 98.1 Å². The van der Waals surface area contributed by atoms with Crippen LogP contribution >= 0.6 is 0 Å². The Morgan fingerprint density at radius 2 is 1.16 bits per heavy atom. The van der Waals surface area contributed by atoms with Crippen LogP contribution in [0.1, 0.15) is 33.8 Å². The maximum Gasteiger partial charge on any atom is 0.324 e. The normalized spacial score (nSPS) is 14.3. The average molecular weight is 968 g/mol. The third-order valence-electron chi connectivity index (χ3n) is 11.3. The Hall–Kier alpha value is -7.20. The van der Waals surface area contributed by atoms with E-state index >= 15 is 4.39 Å². The van der Waals surface area contributed by atoms with Crippen molar-refractivity contribution >= 4 is 35.1 Å². The van der Waals surface area contributed by atoms with Crippen LogP contribution in [0.5, 0.6) is 11.5 Å². The van der Waals surface area contributed by atoms with Crippen LogP contribution in [0.2, 0.25) is 0 Å². The first-order valence-electron chi connectivity index (χ1n) is 21.6. The number of anilines is 2. The molecular weight excluding hydrogens is 917 g/mol. The molecule has 2 aliphatic heterocycles. The summed E-state index contributed by atoms with van der Waals surface area (Å²) in [6.07, 6.45) is -6.16. The molecule has 16 nitrogen and oxygen atoms in total. The number of methoxy groups -OCH3 is 2. The van der Waals surface area contributed by atoms with E-state index in [4.69, 9.17) is 13.9 Å². The first-order valence-corrected chi connectivity index (χ1v) is 21.6. The lowest BCUT2D eigenvalue weighted by molar-refractivity contribution is -0.131. The number of alkyl halides is 4. The highest BCUT2D eigenvalue weighted by atomic mass is 19.3. The van der Waals surface area contributed by atoms with Gasteiger partial charge >= 0.3 is 24.9 Å². The van der Waals surface area contributed by atoms with Crippen molar-refractivity contribution in [3.8, 4) is 23.0 Å². The molecule has 1 aromatic heterocycles. The fraction of sp³-hybridized carbons (Fsp3) is 0.362. The Morgan fingerprint density at radius 3 is 1.59 bits per heavy atom. The molecule has 4 aromatic carbocycles. The molecular formula is C47H51F6N9O7. The van der Waals surface area contributed by atoms with Crippen LogP contribution in [0.4, 0.5) is 47.3 Å². The van der Waals surface area contributed by atoms with Crippen LogP contribution in [-0.2, 0) is 17.9 Å².